The van der Waals surface area contributed by atoms with Gasteiger partial charge in [-0.3, -0.25) is 0 Å². The summed E-state index contributed by atoms with van der Waals surface area (Å²) in [6.07, 6.45) is 0.687. The van der Waals surface area contributed by atoms with Gasteiger partial charge in [-0.1, -0.05) is 42.7 Å². The summed E-state index contributed by atoms with van der Waals surface area (Å²) in [4.78, 5) is 12.2. The highest BCUT2D eigenvalue weighted by atomic mass is 35.5. The van der Waals surface area contributed by atoms with Crippen LogP contribution >= 0.6 is 11.6 Å². The zero-order chi connectivity index (χ0) is 18.6. The highest BCUT2D eigenvalue weighted by Crippen LogP contribution is 2.24. The average Bonchev–Trinajstić information content (AvgIpc) is 2.85. The standard InChI is InChI=1S/C19H26ClN3O2/c1-12(9-17-13(2)23-25-14(17)3)22-18(24)21-11-19(4,5)15-7-6-8-16(20)10-15/h6-8,10,12H,9,11H2,1-5H3,(H2,21,22,24)/t12-/m0/s1. The number of nitrogens with one attached hydrogen (secondary N) is 2. The zero-order valence-corrected chi connectivity index (χ0v) is 16.2. The van der Waals surface area contributed by atoms with Gasteiger partial charge in [-0.2, -0.15) is 0 Å². The van der Waals surface area contributed by atoms with Crippen LogP contribution in [0.25, 0.3) is 0 Å². The smallest absolute Gasteiger partial charge is 0.315 e. The summed E-state index contributed by atoms with van der Waals surface area (Å²) >= 11 is 6.06. The molecular formula is C19H26ClN3O2. The molecule has 0 radical (unpaired) electrons. The summed E-state index contributed by atoms with van der Waals surface area (Å²) in [5, 5.41) is 10.6. The van der Waals surface area contributed by atoms with Crippen LogP contribution in [0.5, 0.6) is 0 Å². The highest BCUT2D eigenvalue weighted by molar-refractivity contribution is 6.30. The van der Waals surface area contributed by atoms with Gasteiger partial charge < -0.3 is 15.2 Å². The largest absolute Gasteiger partial charge is 0.361 e. The fourth-order valence-corrected chi connectivity index (χ4v) is 2.93. The van der Waals surface area contributed by atoms with Crippen molar-refractivity contribution >= 4 is 17.6 Å². The normalized spacial score (nSPS) is 12.7. The maximum absolute atomic E-state index is 12.2. The number of halogens is 1. The van der Waals surface area contributed by atoms with E-state index < -0.39 is 0 Å². The SMILES string of the molecule is Cc1noc(C)c1C[C@H](C)NC(=O)NCC(C)(C)c1cccc(Cl)c1. The van der Waals surface area contributed by atoms with E-state index in [1.54, 1.807) is 0 Å². The molecule has 2 amide bonds. The molecule has 0 saturated heterocycles. The fourth-order valence-electron chi connectivity index (χ4n) is 2.74. The number of rotatable bonds is 6. The molecule has 1 atom stereocenters. The lowest BCUT2D eigenvalue weighted by Crippen LogP contribution is -2.45. The number of carbonyl (C=O) groups is 1. The topological polar surface area (TPSA) is 67.2 Å². The van der Waals surface area contributed by atoms with Crippen LogP contribution in [-0.2, 0) is 11.8 Å². The van der Waals surface area contributed by atoms with E-state index in [1.165, 1.54) is 0 Å². The first-order chi connectivity index (χ1) is 11.7. The molecule has 2 N–H and O–H groups in total. The van der Waals surface area contributed by atoms with Gasteiger partial charge in [0.2, 0.25) is 0 Å². The van der Waals surface area contributed by atoms with Crippen LogP contribution in [0.4, 0.5) is 4.79 Å². The Bertz CT molecular complexity index is 721. The van der Waals surface area contributed by atoms with Gasteiger partial charge in [-0.05, 0) is 44.9 Å². The Kier molecular flexibility index (Phi) is 6.11. The first kappa shape index (κ1) is 19.3. The van der Waals surface area contributed by atoms with Crippen molar-refractivity contribution in [3.05, 3.63) is 51.9 Å². The van der Waals surface area contributed by atoms with Crippen LogP contribution in [0.15, 0.2) is 28.8 Å². The summed E-state index contributed by atoms with van der Waals surface area (Å²) in [5.41, 5.74) is 2.79. The minimum absolute atomic E-state index is 0.0221. The molecule has 0 saturated carbocycles. The molecule has 0 aliphatic rings. The Morgan fingerprint density at radius 1 is 1.36 bits per heavy atom. The van der Waals surface area contributed by atoms with E-state index in [-0.39, 0.29) is 17.5 Å². The second-order valence-corrected chi connectivity index (χ2v) is 7.57. The van der Waals surface area contributed by atoms with Gasteiger partial charge in [0, 0.05) is 28.6 Å². The summed E-state index contributed by atoms with van der Waals surface area (Å²) in [7, 11) is 0. The molecule has 6 heteroatoms. The minimum atomic E-state index is -0.215. The molecule has 1 heterocycles. The monoisotopic (exact) mass is 363 g/mol. The number of aromatic nitrogens is 1. The Hall–Kier alpha value is -2.01. The molecule has 2 rings (SSSR count). The molecule has 0 bridgehead atoms. The number of hydrogen-bond donors (Lipinski definition) is 2. The van der Waals surface area contributed by atoms with Crippen molar-refractivity contribution in [3.63, 3.8) is 0 Å². The predicted molar refractivity (Wildman–Crippen MR) is 100 cm³/mol. The molecule has 0 fully saturated rings. The third-order valence-electron chi connectivity index (χ3n) is 4.37. The Morgan fingerprint density at radius 3 is 2.68 bits per heavy atom. The zero-order valence-electron chi connectivity index (χ0n) is 15.4. The first-order valence-electron chi connectivity index (χ1n) is 8.41. The lowest BCUT2D eigenvalue weighted by molar-refractivity contribution is 0.235. The number of aryl methyl sites for hydroxylation is 2. The summed E-state index contributed by atoms with van der Waals surface area (Å²) in [6.45, 7) is 10.4. The van der Waals surface area contributed by atoms with Crippen molar-refractivity contribution in [2.45, 2.75) is 52.5 Å². The van der Waals surface area contributed by atoms with E-state index in [4.69, 9.17) is 16.1 Å². The van der Waals surface area contributed by atoms with Gasteiger partial charge >= 0.3 is 6.03 Å². The molecular weight excluding hydrogens is 338 g/mol. The van der Waals surface area contributed by atoms with Crippen molar-refractivity contribution in [1.82, 2.24) is 15.8 Å². The van der Waals surface area contributed by atoms with E-state index >= 15 is 0 Å². The van der Waals surface area contributed by atoms with Gasteiger partial charge in [0.25, 0.3) is 0 Å². The van der Waals surface area contributed by atoms with Crippen molar-refractivity contribution in [1.29, 1.82) is 0 Å². The van der Waals surface area contributed by atoms with Crippen molar-refractivity contribution < 1.29 is 9.32 Å². The van der Waals surface area contributed by atoms with E-state index in [0.717, 1.165) is 22.6 Å². The van der Waals surface area contributed by atoms with Crippen LogP contribution in [0.3, 0.4) is 0 Å². The Labute approximate surface area is 154 Å². The summed E-state index contributed by atoms with van der Waals surface area (Å²) < 4.78 is 5.16. The molecule has 2 aromatic rings. The van der Waals surface area contributed by atoms with Gasteiger partial charge in [0.15, 0.2) is 0 Å². The number of nitrogens with zero attached hydrogens (tertiary/aromatic N) is 1. The minimum Gasteiger partial charge on any atom is -0.361 e. The maximum atomic E-state index is 12.2. The van der Waals surface area contributed by atoms with Gasteiger partial charge in [-0.15, -0.1) is 0 Å². The van der Waals surface area contributed by atoms with E-state index in [0.29, 0.717) is 18.0 Å². The van der Waals surface area contributed by atoms with E-state index in [2.05, 4.69) is 29.6 Å². The molecule has 0 aliphatic carbocycles. The highest BCUT2D eigenvalue weighted by Gasteiger charge is 2.22. The second kappa shape index (κ2) is 7.91. The maximum Gasteiger partial charge on any atom is 0.315 e. The van der Waals surface area contributed by atoms with E-state index in [1.807, 2.05) is 45.0 Å². The molecule has 136 valence electrons. The van der Waals surface area contributed by atoms with Crippen LogP contribution in [-0.4, -0.2) is 23.8 Å². The number of hydrogen-bond acceptors (Lipinski definition) is 3. The van der Waals surface area contributed by atoms with Crippen LogP contribution < -0.4 is 10.6 Å². The Balaban J connectivity index is 1.87. The van der Waals surface area contributed by atoms with Crippen LogP contribution in [0.1, 0.15) is 43.4 Å². The molecule has 0 spiro atoms. The van der Waals surface area contributed by atoms with Gasteiger partial charge in [0.05, 0.1) is 5.69 Å². The molecule has 1 aromatic heterocycles. The summed E-state index contributed by atoms with van der Waals surface area (Å²) in [6, 6.07) is 7.51. The predicted octanol–water partition coefficient (Wildman–Crippen LogP) is 4.15. The van der Waals surface area contributed by atoms with E-state index in [9.17, 15) is 4.79 Å². The van der Waals surface area contributed by atoms with Crippen molar-refractivity contribution in [2.75, 3.05) is 6.54 Å². The third-order valence-corrected chi connectivity index (χ3v) is 4.60. The molecule has 0 unspecified atom stereocenters. The summed E-state index contributed by atoms with van der Waals surface area (Å²) in [5.74, 6) is 0.800. The van der Waals surface area contributed by atoms with Crippen LogP contribution in [0.2, 0.25) is 5.02 Å². The van der Waals surface area contributed by atoms with Gasteiger partial charge in [0.1, 0.15) is 5.76 Å². The fraction of sp³-hybridized carbons (Fsp3) is 0.474. The number of urea groups is 1. The molecule has 5 nitrogen and oxygen atoms in total. The third kappa shape index (κ3) is 5.23. The van der Waals surface area contributed by atoms with Crippen molar-refractivity contribution in [2.24, 2.45) is 0 Å². The molecule has 0 aliphatic heterocycles. The molecule has 25 heavy (non-hydrogen) atoms. The number of amides is 2. The first-order valence-corrected chi connectivity index (χ1v) is 8.79. The Morgan fingerprint density at radius 2 is 2.08 bits per heavy atom. The molecule has 1 aromatic carbocycles. The lowest BCUT2D eigenvalue weighted by Gasteiger charge is -2.26. The lowest BCUT2D eigenvalue weighted by atomic mass is 9.85. The number of benzene rings is 1. The van der Waals surface area contributed by atoms with Crippen LogP contribution in [0, 0.1) is 13.8 Å². The second-order valence-electron chi connectivity index (χ2n) is 7.13. The van der Waals surface area contributed by atoms with Gasteiger partial charge in [-0.25, -0.2) is 4.79 Å². The quantitative estimate of drug-likeness (QED) is 0.810. The van der Waals surface area contributed by atoms with Crippen molar-refractivity contribution in [3.8, 4) is 0 Å². The average molecular weight is 364 g/mol. The number of carbonyl (C=O) groups excluding carboxylic acids is 1.